The van der Waals surface area contributed by atoms with Crippen LogP contribution in [0.15, 0.2) is 29.3 Å². The van der Waals surface area contributed by atoms with Gasteiger partial charge in [0.1, 0.15) is 0 Å². The molecule has 0 spiro atoms. The second kappa shape index (κ2) is 26.9. The number of guanidine groups is 1. The molecule has 1 saturated carbocycles. The SMILES string of the molecule is C[C@H]1C[N-][C@H](CCCNC(=O)CC(CC(=O)O)NC(=O)CNC(=O)c2cccc(N=C(N)N)c2)C[N-]C2CCCC[C@H]2[N-]CC[N-][C@@H](C)C[N-]1.[Cl][Mn][Cl].[HH].[HH].[HH].[HH]. The molecular formula is C34H62Cl2MnN11O5-5. The molecule has 19 heteroatoms. The summed E-state index contributed by atoms with van der Waals surface area (Å²) >= 11 is 0.00694. The Kier molecular flexibility index (Phi) is 23.6. The molecule has 1 aromatic carbocycles. The van der Waals surface area contributed by atoms with E-state index in [2.05, 4.69) is 34.8 Å². The van der Waals surface area contributed by atoms with Crippen molar-refractivity contribution in [2.45, 2.75) is 101 Å². The molecule has 1 aromatic rings. The summed E-state index contributed by atoms with van der Waals surface area (Å²) in [6, 6.07) is 5.85. The van der Waals surface area contributed by atoms with Crippen LogP contribution in [0.25, 0.3) is 26.6 Å². The average Bonchev–Trinajstić information content (AvgIpc) is 3.11. The number of nitrogens with one attached hydrogen (secondary N) is 3. The molecule has 1 aliphatic heterocycles. The first-order valence-electron chi connectivity index (χ1n) is 17.9. The van der Waals surface area contributed by atoms with Gasteiger partial charge in [-0.2, -0.15) is 62.9 Å². The number of amides is 3. The number of rotatable bonds is 13. The van der Waals surface area contributed by atoms with E-state index in [4.69, 9.17) is 58.2 Å². The topological polar surface area (TPSA) is 260 Å². The number of aliphatic imine (C=N–C) groups is 1. The van der Waals surface area contributed by atoms with Crippen molar-refractivity contribution < 1.29 is 43.1 Å². The van der Waals surface area contributed by atoms with Crippen molar-refractivity contribution in [3.05, 3.63) is 56.4 Å². The van der Waals surface area contributed by atoms with E-state index in [1.807, 2.05) is 0 Å². The van der Waals surface area contributed by atoms with Crippen LogP contribution < -0.4 is 27.4 Å². The molecule has 8 N–H and O–H groups in total. The first-order valence-corrected chi connectivity index (χ1v) is 21.1. The van der Waals surface area contributed by atoms with Crippen LogP contribution in [0.2, 0.25) is 0 Å². The summed E-state index contributed by atoms with van der Waals surface area (Å²) in [6.07, 6.45) is 5.10. The molecule has 1 aliphatic carbocycles. The molecule has 2 fully saturated rings. The third kappa shape index (κ3) is 21.1. The molecule has 0 aromatic heterocycles. The van der Waals surface area contributed by atoms with Gasteiger partial charge in [0.25, 0.3) is 5.91 Å². The zero-order valence-electron chi connectivity index (χ0n) is 30.4. The largest absolute Gasteiger partial charge is 0 e. The van der Waals surface area contributed by atoms with E-state index in [0.29, 0.717) is 44.8 Å². The van der Waals surface area contributed by atoms with Crippen molar-refractivity contribution >= 4 is 55.5 Å². The maximum absolute atomic E-state index is 12.8. The number of carboxylic acid groups (broad SMARTS) is 1. The quantitative estimate of drug-likeness (QED) is 0.0664. The predicted molar refractivity (Wildman–Crippen MR) is 215 cm³/mol. The maximum atomic E-state index is 12.8. The van der Waals surface area contributed by atoms with E-state index in [1.54, 1.807) is 12.1 Å². The van der Waals surface area contributed by atoms with Gasteiger partial charge in [0.05, 0.1) is 18.7 Å². The van der Waals surface area contributed by atoms with Crippen LogP contribution in [0, 0.1) is 0 Å². The molecule has 3 rings (SSSR count). The average molecular weight is 831 g/mol. The van der Waals surface area contributed by atoms with Crippen LogP contribution in [-0.2, 0) is 27.5 Å². The van der Waals surface area contributed by atoms with Crippen molar-refractivity contribution in [2.24, 2.45) is 16.5 Å². The molecule has 2 aliphatic rings. The number of nitrogens with two attached hydrogens (primary N) is 2. The van der Waals surface area contributed by atoms with Crippen molar-refractivity contribution in [1.82, 2.24) is 16.0 Å². The minimum atomic E-state index is -1.17. The predicted octanol–water partition coefficient (Wildman–Crippen LogP) is 5.27. The molecule has 2 unspecified atom stereocenters. The van der Waals surface area contributed by atoms with E-state index < -0.39 is 36.8 Å². The number of hydrogen-bond donors (Lipinski definition) is 6. The molecule has 6 atom stereocenters. The van der Waals surface area contributed by atoms with Crippen molar-refractivity contribution in [1.29, 1.82) is 0 Å². The van der Waals surface area contributed by atoms with Crippen molar-refractivity contribution in [3.63, 3.8) is 0 Å². The fourth-order valence-electron chi connectivity index (χ4n) is 5.92. The number of fused-ring (bicyclic) bond motifs is 1. The molecule has 1 heterocycles. The normalized spacial score (nSPS) is 23.2. The number of carbonyl (C=O) groups is 4. The van der Waals surface area contributed by atoms with Gasteiger partial charge < -0.3 is 59.1 Å². The third-order valence-electron chi connectivity index (χ3n) is 8.49. The Hall–Kier alpha value is -2.73. The van der Waals surface area contributed by atoms with Gasteiger partial charge in [0, 0.05) is 30.3 Å². The van der Waals surface area contributed by atoms with Gasteiger partial charge in [-0.15, -0.1) is 0 Å². The second-order valence-electron chi connectivity index (χ2n) is 13.1. The Balaban J connectivity index is -0.00000403. The molecule has 3 amide bonds. The summed E-state index contributed by atoms with van der Waals surface area (Å²) in [5, 5.41) is 41.6. The monoisotopic (exact) mass is 829 g/mol. The van der Waals surface area contributed by atoms with Gasteiger partial charge in [0.15, 0.2) is 5.96 Å². The number of benzene rings is 1. The molecule has 1 saturated heterocycles. The number of carbonyl (C=O) groups excluding carboxylic acids is 3. The second-order valence-corrected chi connectivity index (χ2v) is 15.0. The van der Waals surface area contributed by atoms with Crippen LogP contribution >= 0.6 is 20.2 Å². The van der Waals surface area contributed by atoms with Crippen LogP contribution in [0.3, 0.4) is 0 Å². The Labute approximate surface area is 333 Å². The summed E-state index contributed by atoms with van der Waals surface area (Å²) in [4.78, 5) is 53.2. The summed E-state index contributed by atoms with van der Waals surface area (Å²) in [7, 11) is 9.59. The van der Waals surface area contributed by atoms with Gasteiger partial charge in [-0.3, -0.25) is 19.2 Å². The van der Waals surface area contributed by atoms with Crippen LogP contribution in [-0.4, -0.2) is 117 Å². The fourth-order valence-corrected chi connectivity index (χ4v) is 5.92. The minimum absolute atomic E-state index is 0. The Morgan fingerprint density at radius 3 is 2.28 bits per heavy atom. The zero-order chi connectivity index (χ0) is 39.0. The Bertz CT molecular complexity index is 1320. The minimum Gasteiger partial charge on any atom is 0 e. The smallest absolute Gasteiger partial charge is 0 e. The van der Waals surface area contributed by atoms with Crippen LogP contribution in [0.4, 0.5) is 5.69 Å². The van der Waals surface area contributed by atoms with E-state index in [-0.39, 0.29) is 72.9 Å². The van der Waals surface area contributed by atoms with Gasteiger partial charge >= 0.3 is 39.3 Å². The Morgan fingerprint density at radius 1 is 0.925 bits per heavy atom. The number of aliphatic carboxylic acids is 1. The first-order chi connectivity index (χ1) is 25.4. The van der Waals surface area contributed by atoms with Gasteiger partial charge in [-0.05, 0) is 24.6 Å². The van der Waals surface area contributed by atoms with Gasteiger partial charge in [-0.25, -0.2) is 4.99 Å². The molecular weight excluding hydrogens is 768 g/mol. The van der Waals surface area contributed by atoms with Crippen LogP contribution in [0.1, 0.15) is 81.3 Å². The number of hydrogen-bond acceptors (Lipinski definition) is 5. The summed E-state index contributed by atoms with van der Waals surface area (Å²) < 4.78 is 0. The van der Waals surface area contributed by atoms with Crippen molar-refractivity contribution in [2.75, 3.05) is 45.8 Å². The van der Waals surface area contributed by atoms with E-state index >= 15 is 0 Å². The van der Waals surface area contributed by atoms with E-state index in [1.165, 1.54) is 18.6 Å². The number of halogens is 2. The number of carboxylic acids is 1. The van der Waals surface area contributed by atoms with Crippen LogP contribution in [0.5, 0.6) is 0 Å². The molecule has 0 bridgehead atoms. The Morgan fingerprint density at radius 2 is 1.58 bits per heavy atom. The standard InChI is InChI=1S/C34H54N11O5.2ClH.Mn.4H2/c1-22-18-40-23(2)19-41-26(20-42-29-11-4-3-10-28(29)38-14-13-37-22)9-6-12-39-30(46)16-27(17-32(48)49)44-31(47)21-43-33(50)24-7-5-8-25(15-24)45-34(35)36;;;;;;;/h5,7-8,15,22-23,26-29H,3-4,6,9-14,16-21H2,1-2H3,(H,39,46)(H,43,50)(H,44,47)(H,48,49)(H4,35,36,45);2*1H;;4*1H/q-5;;;+2;;;;/p-2/t22-,23-,26+,27?,28+,29?;;;;;;;/m0......./s1. The summed E-state index contributed by atoms with van der Waals surface area (Å²) in [5.74, 6) is -2.91. The van der Waals surface area contributed by atoms with E-state index in [0.717, 1.165) is 32.2 Å². The molecule has 53 heavy (non-hydrogen) atoms. The van der Waals surface area contributed by atoms with E-state index in [9.17, 15) is 24.3 Å². The summed E-state index contributed by atoms with van der Waals surface area (Å²) in [5.41, 5.74) is 11.4. The maximum Gasteiger partial charge on any atom is 0 e. The first kappa shape index (κ1) is 46.4. The zero-order valence-corrected chi connectivity index (χ0v) is 33.1. The molecule has 0 radical (unpaired) electrons. The number of nitrogens with zero attached hydrogens (tertiary/aromatic N) is 6. The molecule has 309 valence electrons. The summed E-state index contributed by atoms with van der Waals surface area (Å²) in [6.45, 7) is 7.38. The molecule has 16 nitrogen and oxygen atoms in total. The van der Waals surface area contributed by atoms with Crippen molar-refractivity contribution in [3.8, 4) is 0 Å². The van der Waals surface area contributed by atoms with Gasteiger partial charge in [-0.1, -0.05) is 52.0 Å². The fraction of sp³-hybridized carbons (Fsp3) is 0.676. The third-order valence-corrected chi connectivity index (χ3v) is 8.49. The van der Waals surface area contributed by atoms with Gasteiger partial charge in [0.2, 0.25) is 11.8 Å².